The fourth-order valence-corrected chi connectivity index (χ4v) is 1.83. The second kappa shape index (κ2) is 5.96. The number of hydrogen-bond acceptors (Lipinski definition) is 3. The molecule has 100 valence electrons. The van der Waals surface area contributed by atoms with Gasteiger partial charge in [0.25, 0.3) is 5.91 Å². The van der Waals surface area contributed by atoms with Crippen LogP contribution in [0.1, 0.15) is 43.4 Å². The molecule has 0 aliphatic rings. The molecule has 0 saturated carbocycles. The first kappa shape index (κ1) is 14.6. The SMILES string of the molecule is Cc1cccc(C(=O)NC(CO)CC(C)(C)C)n1. The monoisotopic (exact) mass is 250 g/mol. The van der Waals surface area contributed by atoms with Crippen LogP contribution in [-0.2, 0) is 0 Å². The zero-order valence-electron chi connectivity index (χ0n) is 11.5. The number of hydrogen-bond donors (Lipinski definition) is 2. The van der Waals surface area contributed by atoms with Gasteiger partial charge in [0.05, 0.1) is 12.6 Å². The number of carbonyl (C=O) groups is 1. The Bertz CT molecular complexity index is 411. The highest BCUT2D eigenvalue weighted by Gasteiger charge is 2.20. The van der Waals surface area contributed by atoms with Gasteiger partial charge in [0, 0.05) is 5.69 Å². The van der Waals surface area contributed by atoms with Crippen LogP contribution >= 0.6 is 0 Å². The number of aliphatic hydroxyl groups is 1. The molecular formula is C14H22N2O2. The Kier molecular flexibility index (Phi) is 4.84. The lowest BCUT2D eigenvalue weighted by molar-refractivity contribution is 0.0892. The molecular weight excluding hydrogens is 228 g/mol. The van der Waals surface area contributed by atoms with E-state index in [1.165, 1.54) is 0 Å². The number of aromatic nitrogens is 1. The number of carbonyl (C=O) groups excluding carboxylic acids is 1. The van der Waals surface area contributed by atoms with Crippen LogP contribution < -0.4 is 5.32 Å². The average molecular weight is 250 g/mol. The largest absolute Gasteiger partial charge is 0.394 e. The summed E-state index contributed by atoms with van der Waals surface area (Å²) in [5, 5.41) is 12.1. The maximum absolute atomic E-state index is 12.0. The Morgan fingerprint density at radius 2 is 2.11 bits per heavy atom. The second-order valence-corrected chi connectivity index (χ2v) is 5.78. The number of nitrogens with one attached hydrogen (secondary N) is 1. The van der Waals surface area contributed by atoms with Crippen LogP contribution in [0, 0.1) is 12.3 Å². The molecule has 4 heteroatoms. The third kappa shape index (κ3) is 4.84. The van der Waals surface area contributed by atoms with E-state index in [-0.39, 0.29) is 24.0 Å². The minimum absolute atomic E-state index is 0.0563. The van der Waals surface area contributed by atoms with Gasteiger partial charge in [-0.1, -0.05) is 26.8 Å². The molecule has 0 radical (unpaired) electrons. The standard InChI is InChI=1S/C14H22N2O2/c1-10-6-5-7-12(15-10)13(18)16-11(9-17)8-14(2,3)4/h5-7,11,17H,8-9H2,1-4H3,(H,16,18). The van der Waals surface area contributed by atoms with Gasteiger partial charge in [-0.05, 0) is 30.9 Å². The maximum Gasteiger partial charge on any atom is 0.270 e. The van der Waals surface area contributed by atoms with Crippen LogP contribution in [0.3, 0.4) is 0 Å². The second-order valence-electron chi connectivity index (χ2n) is 5.78. The molecule has 0 fully saturated rings. The van der Waals surface area contributed by atoms with E-state index in [0.29, 0.717) is 5.69 Å². The zero-order valence-corrected chi connectivity index (χ0v) is 11.5. The van der Waals surface area contributed by atoms with Gasteiger partial charge in [0.2, 0.25) is 0 Å². The minimum atomic E-state index is -0.236. The normalized spacial score (nSPS) is 13.2. The van der Waals surface area contributed by atoms with E-state index in [0.717, 1.165) is 12.1 Å². The smallest absolute Gasteiger partial charge is 0.270 e. The number of aryl methyl sites for hydroxylation is 1. The number of pyridine rings is 1. The average Bonchev–Trinajstić information content (AvgIpc) is 2.26. The third-order valence-electron chi connectivity index (χ3n) is 2.54. The molecule has 0 spiro atoms. The lowest BCUT2D eigenvalue weighted by Gasteiger charge is -2.25. The van der Waals surface area contributed by atoms with Gasteiger partial charge in [-0.25, -0.2) is 4.98 Å². The predicted octanol–water partition coefficient (Wildman–Crippen LogP) is 1.92. The highest BCUT2D eigenvalue weighted by Crippen LogP contribution is 2.20. The summed E-state index contributed by atoms with van der Waals surface area (Å²) in [5.74, 6) is -0.234. The van der Waals surface area contributed by atoms with Crippen LogP contribution in [0.4, 0.5) is 0 Å². The van der Waals surface area contributed by atoms with Gasteiger partial charge in [0.15, 0.2) is 0 Å². The van der Waals surface area contributed by atoms with Crippen molar-refractivity contribution in [2.75, 3.05) is 6.61 Å². The number of rotatable bonds is 4. The maximum atomic E-state index is 12.0. The van der Waals surface area contributed by atoms with Gasteiger partial charge in [-0.3, -0.25) is 4.79 Å². The molecule has 2 N–H and O–H groups in total. The van der Waals surface area contributed by atoms with Crippen LogP contribution in [-0.4, -0.2) is 28.6 Å². The Labute approximate surface area is 108 Å². The van der Waals surface area contributed by atoms with Gasteiger partial charge in [-0.2, -0.15) is 0 Å². The molecule has 1 heterocycles. The number of nitrogens with zero attached hydrogens (tertiary/aromatic N) is 1. The Balaban J connectivity index is 2.68. The fraction of sp³-hybridized carbons (Fsp3) is 0.571. The summed E-state index contributed by atoms with van der Waals surface area (Å²) in [6.07, 6.45) is 0.723. The molecule has 1 unspecified atom stereocenters. The Morgan fingerprint density at radius 1 is 1.44 bits per heavy atom. The van der Waals surface area contributed by atoms with Crippen molar-refractivity contribution in [3.63, 3.8) is 0 Å². The van der Waals surface area contributed by atoms with Crippen molar-refractivity contribution in [3.8, 4) is 0 Å². The molecule has 0 aliphatic heterocycles. The quantitative estimate of drug-likeness (QED) is 0.858. The van der Waals surface area contributed by atoms with Crippen LogP contribution in [0.2, 0.25) is 0 Å². The summed E-state index contributed by atoms with van der Waals surface area (Å²) in [5.41, 5.74) is 1.25. The minimum Gasteiger partial charge on any atom is -0.394 e. The summed E-state index contributed by atoms with van der Waals surface area (Å²) in [7, 11) is 0. The fourth-order valence-electron chi connectivity index (χ4n) is 1.83. The van der Waals surface area contributed by atoms with Crippen molar-refractivity contribution < 1.29 is 9.90 Å². The summed E-state index contributed by atoms with van der Waals surface area (Å²) in [6, 6.07) is 5.08. The lowest BCUT2D eigenvalue weighted by Crippen LogP contribution is -2.40. The highest BCUT2D eigenvalue weighted by molar-refractivity contribution is 5.92. The predicted molar refractivity (Wildman–Crippen MR) is 71.4 cm³/mol. The lowest BCUT2D eigenvalue weighted by atomic mass is 9.88. The first-order valence-electron chi connectivity index (χ1n) is 6.17. The molecule has 0 saturated heterocycles. The number of amides is 1. The van der Waals surface area contributed by atoms with E-state index in [9.17, 15) is 9.90 Å². The summed E-state index contributed by atoms with van der Waals surface area (Å²) in [4.78, 5) is 16.1. The van der Waals surface area contributed by atoms with Crippen molar-refractivity contribution in [3.05, 3.63) is 29.6 Å². The van der Waals surface area contributed by atoms with Gasteiger partial charge >= 0.3 is 0 Å². The zero-order chi connectivity index (χ0) is 13.8. The van der Waals surface area contributed by atoms with Gasteiger partial charge in [0.1, 0.15) is 5.69 Å². The van der Waals surface area contributed by atoms with Gasteiger partial charge in [-0.15, -0.1) is 0 Å². The summed E-state index contributed by atoms with van der Waals surface area (Å²) >= 11 is 0. The number of aliphatic hydroxyl groups excluding tert-OH is 1. The van der Waals surface area contributed by atoms with Crippen molar-refractivity contribution in [2.24, 2.45) is 5.41 Å². The highest BCUT2D eigenvalue weighted by atomic mass is 16.3. The summed E-state index contributed by atoms with van der Waals surface area (Å²) in [6.45, 7) is 8.01. The van der Waals surface area contributed by atoms with E-state index in [1.54, 1.807) is 12.1 Å². The van der Waals surface area contributed by atoms with Crippen LogP contribution in [0.25, 0.3) is 0 Å². The van der Waals surface area contributed by atoms with Gasteiger partial charge < -0.3 is 10.4 Å². The van der Waals surface area contributed by atoms with Crippen LogP contribution in [0.5, 0.6) is 0 Å². The van der Waals surface area contributed by atoms with Crippen molar-refractivity contribution >= 4 is 5.91 Å². The van der Waals surface area contributed by atoms with Crippen LogP contribution in [0.15, 0.2) is 18.2 Å². The molecule has 0 bridgehead atoms. The Hall–Kier alpha value is -1.42. The first-order chi connectivity index (χ1) is 8.31. The van der Waals surface area contributed by atoms with E-state index < -0.39 is 0 Å². The van der Waals surface area contributed by atoms with Crippen molar-refractivity contribution in [1.29, 1.82) is 0 Å². The van der Waals surface area contributed by atoms with E-state index in [4.69, 9.17) is 0 Å². The molecule has 1 atom stereocenters. The molecule has 1 amide bonds. The Morgan fingerprint density at radius 3 is 2.61 bits per heavy atom. The molecule has 0 aliphatic carbocycles. The first-order valence-corrected chi connectivity index (χ1v) is 6.17. The molecule has 4 nitrogen and oxygen atoms in total. The molecule has 1 rings (SSSR count). The van der Waals surface area contributed by atoms with E-state index in [1.807, 2.05) is 13.0 Å². The summed E-state index contributed by atoms with van der Waals surface area (Å²) < 4.78 is 0. The molecule has 0 aromatic carbocycles. The molecule has 18 heavy (non-hydrogen) atoms. The third-order valence-corrected chi connectivity index (χ3v) is 2.54. The molecule has 1 aromatic rings. The topological polar surface area (TPSA) is 62.2 Å². The van der Waals surface area contributed by atoms with E-state index >= 15 is 0 Å². The van der Waals surface area contributed by atoms with Crippen molar-refractivity contribution in [1.82, 2.24) is 10.3 Å². The molecule has 1 aromatic heterocycles. The van der Waals surface area contributed by atoms with E-state index in [2.05, 4.69) is 31.1 Å². The van der Waals surface area contributed by atoms with Crippen molar-refractivity contribution in [2.45, 2.75) is 40.2 Å².